The molecule has 2 aliphatic rings. The third-order valence-corrected chi connectivity index (χ3v) is 5.52. The van der Waals surface area contributed by atoms with E-state index < -0.39 is 5.41 Å². The minimum atomic E-state index is -0.513. The summed E-state index contributed by atoms with van der Waals surface area (Å²) in [4.78, 5) is 24.1. The van der Waals surface area contributed by atoms with E-state index in [1.54, 1.807) is 13.0 Å². The fourth-order valence-electron chi connectivity index (χ4n) is 3.45. The third-order valence-electron chi connectivity index (χ3n) is 5.52. The second-order valence-corrected chi connectivity index (χ2v) is 6.35. The van der Waals surface area contributed by atoms with Crippen molar-refractivity contribution < 1.29 is 14.3 Å². The highest BCUT2D eigenvalue weighted by Crippen LogP contribution is 2.64. The van der Waals surface area contributed by atoms with Gasteiger partial charge in [-0.2, -0.15) is 0 Å². The van der Waals surface area contributed by atoms with Gasteiger partial charge in [-0.1, -0.05) is 19.9 Å². The van der Waals surface area contributed by atoms with E-state index in [1.807, 2.05) is 13.8 Å². The Balaban J connectivity index is 2.24. The lowest BCUT2D eigenvalue weighted by Gasteiger charge is -2.36. The first kappa shape index (κ1) is 13.3. The van der Waals surface area contributed by atoms with Gasteiger partial charge in [0.25, 0.3) is 0 Å². The Morgan fingerprint density at radius 1 is 1.39 bits per heavy atom. The lowest BCUT2D eigenvalue weighted by molar-refractivity contribution is -0.156. The molecule has 0 aromatic heterocycles. The third kappa shape index (κ3) is 1.49. The van der Waals surface area contributed by atoms with E-state index in [-0.39, 0.29) is 23.3 Å². The molecule has 0 amide bonds. The average Bonchev–Trinajstić information content (AvgIpc) is 2.59. The van der Waals surface area contributed by atoms with Crippen LogP contribution in [0.4, 0.5) is 0 Å². The smallest absolute Gasteiger partial charge is 0.333 e. The van der Waals surface area contributed by atoms with Crippen LogP contribution >= 0.6 is 0 Å². The standard InChI is InChI=1S/C15H22O3/c1-6-9(2)13(17)18-12-8-10-7-11(16)15(12,5)14(10,3)4/h6,10,12H,7-8H2,1-5H3/b9-6-/t10-,12-,15+/m1/s1. The van der Waals surface area contributed by atoms with Crippen LogP contribution < -0.4 is 0 Å². The highest BCUT2D eigenvalue weighted by molar-refractivity contribution is 5.92. The predicted octanol–water partition coefficient (Wildman–Crippen LogP) is 2.89. The molecule has 0 saturated heterocycles. The molecule has 100 valence electrons. The fraction of sp³-hybridized carbons (Fsp3) is 0.733. The monoisotopic (exact) mass is 250 g/mol. The van der Waals surface area contributed by atoms with Crippen molar-refractivity contribution in [2.75, 3.05) is 0 Å². The summed E-state index contributed by atoms with van der Waals surface area (Å²) in [6, 6.07) is 0. The summed E-state index contributed by atoms with van der Waals surface area (Å²) in [6.07, 6.45) is 2.93. The zero-order chi connectivity index (χ0) is 13.7. The number of fused-ring (bicyclic) bond motifs is 2. The molecule has 3 nitrogen and oxygen atoms in total. The van der Waals surface area contributed by atoms with Crippen molar-refractivity contribution in [2.24, 2.45) is 16.7 Å². The summed E-state index contributed by atoms with van der Waals surface area (Å²) in [5.41, 5.74) is 0.0202. The van der Waals surface area contributed by atoms with Gasteiger partial charge in [-0.3, -0.25) is 4.79 Å². The first-order valence-corrected chi connectivity index (χ1v) is 6.62. The van der Waals surface area contributed by atoms with Crippen LogP contribution in [-0.4, -0.2) is 17.9 Å². The van der Waals surface area contributed by atoms with Crippen molar-refractivity contribution in [1.82, 2.24) is 0 Å². The molecule has 2 aliphatic carbocycles. The molecule has 2 rings (SSSR count). The molecule has 2 saturated carbocycles. The van der Waals surface area contributed by atoms with Gasteiger partial charge in [0.15, 0.2) is 0 Å². The predicted molar refractivity (Wildman–Crippen MR) is 68.9 cm³/mol. The maximum atomic E-state index is 12.2. The molecule has 0 unspecified atom stereocenters. The minimum absolute atomic E-state index is 0.0706. The van der Waals surface area contributed by atoms with Crippen LogP contribution in [0.3, 0.4) is 0 Å². The molecule has 18 heavy (non-hydrogen) atoms. The summed E-state index contributed by atoms with van der Waals surface area (Å²) in [6.45, 7) is 9.77. The highest BCUT2D eigenvalue weighted by atomic mass is 16.5. The number of Topliss-reactive ketones (excluding diaryl/α,β-unsaturated/α-hetero) is 1. The van der Waals surface area contributed by atoms with Gasteiger partial charge < -0.3 is 4.74 Å². The molecule has 0 spiro atoms. The van der Waals surface area contributed by atoms with Crippen LogP contribution in [0.15, 0.2) is 11.6 Å². The molecular formula is C15H22O3. The Labute approximate surface area is 109 Å². The van der Waals surface area contributed by atoms with E-state index in [9.17, 15) is 9.59 Å². The number of ether oxygens (including phenoxy) is 1. The lowest BCUT2D eigenvalue weighted by Crippen LogP contribution is -2.44. The molecule has 0 N–H and O–H groups in total. The molecule has 0 aromatic carbocycles. The molecule has 0 aromatic rings. The SMILES string of the molecule is C/C=C(/C)C(=O)O[C@@H]1C[C@H]2CC(=O)[C@]1(C)C2(C)C. The second-order valence-electron chi connectivity index (χ2n) is 6.35. The van der Waals surface area contributed by atoms with E-state index >= 15 is 0 Å². The highest BCUT2D eigenvalue weighted by Gasteiger charge is 2.67. The van der Waals surface area contributed by atoms with Crippen molar-refractivity contribution in [2.45, 2.75) is 53.6 Å². The number of allylic oxidation sites excluding steroid dienone is 1. The van der Waals surface area contributed by atoms with E-state index in [4.69, 9.17) is 4.74 Å². The van der Waals surface area contributed by atoms with Crippen molar-refractivity contribution in [3.05, 3.63) is 11.6 Å². The van der Waals surface area contributed by atoms with Gasteiger partial charge >= 0.3 is 5.97 Å². The van der Waals surface area contributed by atoms with Gasteiger partial charge in [0.05, 0.1) is 5.41 Å². The normalized spacial score (nSPS) is 38.1. The molecule has 0 aliphatic heterocycles. The number of rotatable bonds is 2. The van der Waals surface area contributed by atoms with Crippen LogP contribution in [0.5, 0.6) is 0 Å². The summed E-state index contributed by atoms with van der Waals surface area (Å²) < 4.78 is 5.58. The Kier molecular flexibility index (Phi) is 2.91. The molecule has 2 bridgehead atoms. The van der Waals surface area contributed by atoms with Crippen molar-refractivity contribution >= 4 is 11.8 Å². The Morgan fingerprint density at radius 3 is 2.44 bits per heavy atom. The quantitative estimate of drug-likeness (QED) is 0.559. The average molecular weight is 250 g/mol. The Bertz CT molecular complexity index is 433. The number of ketones is 1. The van der Waals surface area contributed by atoms with E-state index in [0.29, 0.717) is 17.9 Å². The van der Waals surface area contributed by atoms with Crippen molar-refractivity contribution in [3.63, 3.8) is 0 Å². The van der Waals surface area contributed by atoms with Crippen molar-refractivity contribution in [3.8, 4) is 0 Å². The van der Waals surface area contributed by atoms with Crippen LogP contribution in [0.25, 0.3) is 0 Å². The Morgan fingerprint density at radius 2 is 2.00 bits per heavy atom. The minimum Gasteiger partial charge on any atom is -0.458 e. The fourth-order valence-corrected chi connectivity index (χ4v) is 3.45. The summed E-state index contributed by atoms with van der Waals surface area (Å²) in [5, 5.41) is 0. The number of esters is 1. The molecule has 3 heteroatoms. The summed E-state index contributed by atoms with van der Waals surface area (Å²) in [7, 11) is 0. The first-order valence-electron chi connectivity index (χ1n) is 6.62. The largest absolute Gasteiger partial charge is 0.458 e. The maximum Gasteiger partial charge on any atom is 0.333 e. The van der Waals surface area contributed by atoms with Crippen LogP contribution in [-0.2, 0) is 14.3 Å². The van der Waals surface area contributed by atoms with Gasteiger partial charge in [0.2, 0.25) is 0 Å². The van der Waals surface area contributed by atoms with Crippen LogP contribution in [0.2, 0.25) is 0 Å². The molecule has 0 radical (unpaired) electrons. The second kappa shape index (κ2) is 3.94. The van der Waals surface area contributed by atoms with Gasteiger partial charge in [-0.05, 0) is 38.5 Å². The van der Waals surface area contributed by atoms with Crippen molar-refractivity contribution in [1.29, 1.82) is 0 Å². The summed E-state index contributed by atoms with van der Waals surface area (Å²) >= 11 is 0. The number of carbonyl (C=O) groups excluding carboxylic acids is 2. The van der Waals surface area contributed by atoms with Gasteiger partial charge in [-0.15, -0.1) is 0 Å². The Hall–Kier alpha value is -1.12. The van der Waals surface area contributed by atoms with E-state index in [2.05, 4.69) is 13.8 Å². The molecular weight excluding hydrogens is 228 g/mol. The van der Waals surface area contributed by atoms with E-state index in [1.165, 1.54) is 0 Å². The zero-order valence-corrected chi connectivity index (χ0v) is 11.9. The zero-order valence-electron chi connectivity index (χ0n) is 11.9. The first-order chi connectivity index (χ1) is 8.25. The molecule has 0 heterocycles. The van der Waals surface area contributed by atoms with Crippen LogP contribution in [0.1, 0.15) is 47.5 Å². The maximum absolute atomic E-state index is 12.2. The lowest BCUT2D eigenvalue weighted by atomic mass is 9.69. The van der Waals surface area contributed by atoms with E-state index in [0.717, 1.165) is 6.42 Å². The van der Waals surface area contributed by atoms with Gasteiger partial charge in [0.1, 0.15) is 11.9 Å². The number of carbonyl (C=O) groups is 2. The topological polar surface area (TPSA) is 43.4 Å². The van der Waals surface area contributed by atoms with Crippen LogP contribution in [0, 0.1) is 16.7 Å². The summed E-state index contributed by atoms with van der Waals surface area (Å²) in [5.74, 6) is 0.304. The number of hydrogen-bond acceptors (Lipinski definition) is 3. The van der Waals surface area contributed by atoms with Gasteiger partial charge in [0, 0.05) is 12.0 Å². The number of hydrogen-bond donors (Lipinski definition) is 0. The molecule has 2 fully saturated rings. The van der Waals surface area contributed by atoms with Gasteiger partial charge in [-0.25, -0.2) is 4.79 Å². The molecule has 3 atom stereocenters.